The summed E-state index contributed by atoms with van der Waals surface area (Å²) in [5.41, 5.74) is 0. The molecule has 0 aromatic rings. The number of sulfone groups is 1. The molecule has 0 atom stereocenters. The minimum absolute atomic E-state index is 0.00371. The van der Waals surface area contributed by atoms with Crippen molar-refractivity contribution >= 4 is 15.6 Å². The zero-order valence-corrected chi connectivity index (χ0v) is 10.3. The summed E-state index contributed by atoms with van der Waals surface area (Å²) in [4.78, 5) is 11.1. The second kappa shape index (κ2) is 6.95. The second-order valence-electron chi connectivity index (χ2n) is 3.66. The van der Waals surface area contributed by atoms with Crippen molar-refractivity contribution in [1.82, 2.24) is 5.32 Å². The van der Waals surface area contributed by atoms with Gasteiger partial charge in [-0.3, -0.25) is 4.79 Å². The number of alkyl halides is 3. The molecule has 0 aromatic carbocycles. The third kappa shape index (κ3) is 10.3. The van der Waals surface area contributed by atoms with Crippen LogP contribution in [0.1, 0.15) is 19.8 Å². The van der Waals surface area contributed by atoms with Crippen molar-refractivity contribution in [2.24, 2.45) is 0 Å². The van der Waals surface area contributed by atoms with Gasteiger partial charge >= 0.3 is 6.18 Å². The quantitative estimate of drug-likeness (QED) is 0.715. The molecule has 0 amide bonds. The van der Waals surface area contributed by atoms with Crippen molar-refractivity contribution in [3.05, 3.63) is 0 Å². The van der Waals surface area contributed by atoms with E-state index in [-0.39, 0.29) is 17.9 Å². The van der Waals surface area contributed by atoms with Crippen LogP contribution in [-0.2, 0) is 14.6 Å². The van der Waals surface area contributed by atoms with E-state index in [4.69, 9.17) is 0 Å². The van der Waals surface area contributed by atoms with E-state index >= 15 is 0 Å². The van der Waals surface area contributed by atoms with Crippen LogP contribution in [0.4, 0.5) is 13.2 Å². The van der Waals surface area contributed by atoms with Gasteiger partial charge in [-0.15, -0.1) is 0 Å². The van der Waals surface area contributed by atoms with E-state index in [9.17, 15) is 26.4 Å². The Labute approximate surface area is 98.5 Å². The molecule has 0 bridgehead atoms. The maximum absolute atomic E-state index is 11.7. The van der Waals surface area contributed by atoms with Gasteiger partial charge < -0.3 is 5.32 Å². The van der Waals surface area contributed by atoms with Crippen LogP contribution in [0, 0.1) is 0 Å². The van der Waals surface area contributed by atoms with Crippen LogP contribution in [0.2, 0.25) is 0 Å². The highest BCUT2D eigenvalue weighted by molar-refractivity contribution is 7.91. The number of hydrogen-bond donors (Lipinski definition) is 1. The SMILES string of the molecule is CCCS(=O)(=O)CCC(=O)CNCC(F)(F)F. The first kappa shape index (κ1) is 16.4. The number of ketones is 1. The molecule has 0 radical (unpaired) electrons. The topological polar surface area (TPSA) is 63.2 Å². The molecule has 0 aliphatic heterocycles. The number of carbonyl (C=O) groups is 1. The summed E-state index contributed by atoms with van der Waals surface area (Å²) in [6.45, 7) is -0.00807. The molecule has 0 rings (SSSR count). The molecule has 0 aromatic heterocycles. The number of carbonyl (C=O) groups excluding carboxylic acids is 1. The Morgan fingerprint density at radius 1 is 1.24 bits per heavy atom. The maximum Gasteiger partial charge on any atom is 0.401 e. The molecule has 1 N–H and O–H groups in total. The van der Waals surface area contributed by atoms with E-state index in [0.29, 0.717) is 6.42 Å². The van der Waals surface area contributed by atoms with Gasteiger partial charge in [0.1, 0.15) is 5.78 Å². The minimum atomic E-state index is -4.37. The van der Waals surface area contributed by atoms with Crippen molar-refractivity contribution < 1.29 is 26.4 Å². The maximum atomic E-state index is 11.7. The Morgan fingerprint density at radius 3 is 2.29 bits per heavy atom. The van der Waals surface area contributed by atoms with Gasteiger partial charge in [-0.25, -0.2) is 8.42 Å². The van der Waals surface area contributed by atoms with E-state index in [2.05, 4.69) is 0 Å². The third-order valence-corrected chi connectivity index (χ3v) is 3.71. The standard InChI is InChI=1S/C9H16F3NO3S/c1-2-4-17(15,16)5-3-8(14)6-13-7-9(10,11)12/h13H,2-7H2,1H3. The fourth-order valence-electron chi connectivity index (χ4n) is 1.11. The van der Waals surface area contributed by atoms with E-state index in [1.165, 1.54) is 0 Å². The first-order valence-electron chi connectivity index (χ1n) is 5.16. The van der Waals surface area contributed by atoms with Crippen LogP contribution in [0.25, 0.3) is 0 Å². The zero-order valence-electron chi connectivity index (χ0n) is 9.51. The Balaban J connectivity index is 3.82. The van der Waals surface area contributed by atoms with Crippen LogP contribution in [0.3, 0.4) is 0 Å². The van der Waals surface area contributed by atoms with E-state index < -0.39 is 34.9 Å². The molecule has 0 aliphatic carbocycles. The minimum Gasteiger partial charge on any atom is -0.302 e. The van der Waals surface area contributed by atoms with E-state index in [1.54, 1.807) is 6.92 Å². The highest BCUT2D eigenvalue weighted by Gasteiger charge is 2.26. The lowest BCUT2D eigenvalue weighted by atomic mass is 10.3. The van der Waals surface area contributed by atoms with E-state index in [1.807, 2.05) is 5.32 Å². The lowest BCUT2D eigenvalue weighted by Crippen LogP contribution is -2.33. The fourth-order valence-corrected chi connectivity index (χ4v) is 2.48. The summed E-state index contributed by atoms with van der Waals surface area (Å²) in [6, 6.07) is 0. The Bertz CT molecular complexity index is 338. The van der Waals surface area contributed by atoms with Gasteiger partial charge in [-0.1, -0.05) is 6.92 Å². The smallest absolute Gasteiger partial charge is 0.302 e. The lowest BCUT2D eigenvalue weighted by molar-refractivity contribution is -0.127. The van der Waals surface area contributed by atoms with Crippen molar-refractivity contribution in [2.45, 2.75) is 25.9 Å². The van der Waals surface area contributed by atoms with Crippen molar-refractivity contribution in [3.63, 3.8) is 0 Å². The molecule has 0 spiro atoms. The molecule has 4 nitrogen and oxygen atoms in total. The third-order valence-electron chi connectivity index (χ3n) is 1.85. The molecule has 0 fully saturated rings. The largest absolute Gasteiger partial charge is 0.401 e. The zero-order chi connectivity index (χ0) is 13.5. The number of Topliss-reactive ketones (excluding diaryl/α,β-unsaturated/α-hetero) is 1. The van der Waals surface area contributed by atoms with E-state index in [0.717, 1.165) is 0 Å². The fraction of sp³-hybridized carbons (Fsp3) is 0.889. The highest BCUT2D eigenvalue weighted by atomic mass is 32.2. The summed E-state index contributed by atoms with van der Waals surface area (Å²) in [5.74, 6) is -0.835. The molecule has 8 heteroatoms. The molecule has 17 heavy (non-hydrogen) atoms. The molecule has 0 saturated carbocycles. The summed E-state index contributed by atoms with van der Waals surface area (Å²) < 4.78 is 57.6. The van der Waals surface area contributed by atoms with Crippen LogP contribution in [-0.4, -0.2) is 45.0 Å². The van der Waals surface area contributed by atoms with Crippen LogP contribution in [0.5, 0.6) is 0 Å². The highest BCUT2D eigenvalue weighted by Crippen LogP contribution is 2.11. The summed E-state index contributed by atoms with van der Waals surface area (Å²) in [6.07, 6.45) is -4.15. The normalized spacial score (nSPS) is 12.7. The Hall–Kier alpha value is -0.630. The van der Waals surface area contributed by atoms with Gasteiger partial charge in [0.05, 0.1) is 18.8 Å². The summed E-state index contributed by atoms with van der Waals surface area (Å²) >= 11 is 0. The molecular weight excluding hydrogens is 259 g/mol. The lowest BCUT2D eigenvalue weighted by Gasteiger charge is -2.07. The number of hydrogen-bond acceptors (Lipinski definition) is 4. The predicted octanol–water partition coefficient (Wildman–Crippen LogP) is 0.922. The van der Waals surface area contributed by atoms with Crippen molar-refractivity contribution in [3.8, 4) is 0 Å². The average Bonchev–Trinajstić information content (AvgIpc) is 2.13. The first-order chi connectivity index (χ1) is 7.66. The van der Waals surface area contributed by atoms with Gasteiger partial charge in [0.25, 0.3) is 0 Å². The van der Waals surface area contributed by atoms with Gasteiger partial charge in [0.15, 0.2) is 9.84 Å². The van der Waals surface area contributed by atoms with Gasteiger partial charge in [0.2, 0.25) is 0 Å². The Kier molecular flexibility index (Phi) is 6.69. The first-order valence-corrected chi connectivity index (χ1v) is 6.98. The molecule has 102 valence electrons. The van der Waals surface area contributed by atoms with Gasteiger partial charge in [0, 0.05) is 12.2 Å². The molecule has 0 aliphatic rings. The number of halogens is 3. The average molecular weight is 275 g/mol. The molecule has 0 unspecified atom stereocenters. The van der Waals surface area contributed by atoms with Crippen LogP contribution >= 0.6 is 0 Å². The number of rotatable bonds is 8. The molecular formula is C9H16F3NO3S. The van der Waals surface area contributed by atoms with Crippen molar-refractivity contribution in [2.75, 3.05) is 24.6 Å². The monoisotopic (exact) mass is 275 g/mol. The van der Waals surface area contributed by atoms with Crippen LogP contribution in [0.15, 0.2) is 0 Å². The van der Waals surface area contributed by atoms with Crippen molar-refractivity contribution in [1.29, 1.82) is 0 Å². The second-order valence-corrected chi connectivity index (χ2v) is 5.96. The summed E-state index contributed by atoms with van der Waals surface area (Å²) in [7, 11) is -3.25. The number of nitrogens with one attached hydrogen (secondary N) is 1. The Morgan fingerprint density at radius 2 is 1.82 bits per heavy atom. The summed E-state index contributed by atoms with van der Waals surface area (Å²) in [5, 5.41) is 1.92. The van der Waals surface area contributed by atoms with Gasteiger partial charge in [-0.05, 0) is 6.42 Å². The molecule has 0 heterocycles. The van der Waals surface area contributed by atoms with Gasteiger partial charge in [-0.2, -0.15) is 13.2 Å². The molecule has 0 saturated heterocycles. The predicted molar refractivity (Wildman–Crippen MR) is 57.5 cm³/mol. The van der Waals surface area contributed by atoms with Crippen LogP contribution < -0.4 is 5.32 Å².